The first kappa shape index (κ1) is 10.9. The molecule has 1 aromatic rings. The van der Waals surface area contributed by atoms with Crippen molar-refractivity contribution in [1.29, 1.82) is 0 Å². The highest BCUT2D eigenvalue weighted by molar-refractivity contribution is 5.75. The summed E-state index contributed by atoms with van der Waals surface area (Å²) in [5.74, 6) is 0. The van der Waals surface area contributed by atoms with Crippen molar-refractivity contribution in [3.8, 4) is 11.1 Å². The zero-order chi connectivity index (χ0) is 11.2. The van der Waals surface area contributed by atoms with Gasteiger partial charge in [-0.1, -0.05) is 61.5 Å². The molecule has 0 unspecified atom stereocenters. The van der Waals surface area contributed by atoms with Gasteiger partial charge in [0, 0.05) is 6.54 Å². The molecule has 0 amide bonds. The number of fused-ring (bicyclic) bond motifs is 1. The van der Waals surface area contributed by atoms with Gasteiger partial charge < -0.3 is 5.32 Å². The van der Waals surface area contributed by atoms with Crippen LogP contribution in [0.1, 0.15) is 12.5 Å². The lowest BCUT2D eigenvalue weighted by molar-refractivity contribution is 0.727. The first-order valence-electron chi connectivity index (χ1n) is 5.75. The quantitative estimate of drug-likeness (QED) is 0.699. The molecule has 0 atom stereocenters. The molecule has 2 aliphatic rings. The summed E-state index contributed by atoms with van der Waals surface area (Å²) in [6.45, 7) is 4.13. The van der Waals surface area contributed by atoms with Gasteiger partial charge in [-0.15, -0.1) is 0 Å². The Kier molecular flexibility index (Phi) is 3.73. The van der Waals surface area contributed by atoms with E-state index in [4.69, 9.17) is 0 Å². The van der Waals surface area contributed by atoms with Crippen LogP contribution >= 0.6 is 0 Å². The lowest BCUT2D eigenvalue weighted by atomic mass is 9.95. The molecule has 1 nitrogen and oxygen atoms in total. The molecule has 1 heteroatoms. The molecule has 1 N–H and O–H groups in total. The van der Waals surface area contributed by atoms with Gasteiger partial charge in [-0.05, 0) is 23.2 Å². The highest BCUT2D eigenvalue weighted by Crippen LogP contribution is 2.29. The predicted molar refractivity (Wildman–Crippen MR) is 69.3 cm³/mol. The Morgan fingerprint density at radius 1 is 0.812 bits per heavy atom. The van der Waals surface area contributed by atoms with E-state index in [0.29, 0.717) is 0 Å². The second kappa shape index (κ2) is 5.47. The summed E-state index contributed by atoms with van der Waals surface area (Å²) in [5.41, 5.74) is 4.20. The van der Waals surface area contributed by atoms with Crippen LogP contribution in [-0.4, -0.2) is 6.54 Å². The minimum atomic E-state index is 0.983. The van der Waals surface area contributed by atoms with Crippen molar-refractivity contribution in [3.63, 3.8) is 0 Å². The topological polar surface area (TPSA) is 12.0 Å². The molecule has 0 fully saturated rings. The Bertz CT molecular complexity index is 396. The number of nitrogens with one attached hydrogen (secondary N) is 1. The molecule has 2 aliphatic carbocycles. The number of rotatable bonds is 3. The maximum atomic E-state index is 3.26. The Labute approximate surface area is 97.1 Å². The lowest BCUT2D eigenvalue weighted by Gasteiger charge is -2.10. The van der Waals surface area contributed by atoms with Crippen LogP contribution in [0.25, 0.3) is 11.1 Å². The van der Waals surface area contributed by atoms with E-state index >= 15 is 0 Å². The predicted octanol–water partition coefficient (Wildman–Crippen LogP) is 3.46. The summed E-state index contributed by atoms with van der Waals surface area (Å²) in [6.07, 6.45) is 0. The maximum Gasteiger partial charge on any atom is 0.0205 e. The van der Waals surface area contributed by atoms with Gasteiger partial charge in [0.25, 0.3) is 0 Å². The van der Waals surface area contributed by atoms with Crippen LogP contribution in [0.3, 0.4) is 0 Å². The summed E-state index contributed by atoms with van der Waals surface area (Å²) in [6, 6.07) is 18.9. The van der Waals surface area contributed by atoms with Crippen molar-refractivity contribution >= 4 is 0 Å². The lowest BCUT2D eigenvalue weighted by Crippen LogP contribution is -2.11. The Hall–Kier alpha value is -1.60. The van der Waals surface area contributed by atoms with E-state index in [-0.39, 0.29) is 0 Å². The first-order chi connectivity index (χ1) is 7.90. The molecule has 0 aromatic heterocycles. The van der Waals surface area contributed by atoms with E-state index in [1.165, 1.54) is 16.7 Å². The zero-order valence-corrected chi connectivity index (χ0v) is 9.61. The van der Waals surface area contributed by atoms with E-state index in [1.807, 2.05) is 6.07 Å². The van der Waals surface area contributed by atoms with E-state index in [1.54, 1.807) is 0 Å². The van der Waals surface area contributed by atoms with Crippen LogP contribution < -0.4 is 5.32 Å². The van der Waals surface area contributed by atoms with Gasteiger partial charge in [0.2, 0.25) is 0 Å². The van der Waals surface area contributed by atoms with Crippen LogP contribution in [0, 0.1) is 0 Å². The zero-order valence-electron chi connectivity index (χ0n) is 9.61. The summed E-state index contributed by atoms with van der Waals surface area (Å²) in [4.78, 5) is 0. The molecule has 3 rings (SSSR count). The fourth-order valence-electron chi connectivity index (χ4n) is 1.53. The normalized spacial score (nSPS) is 10.3. The molecule has 0 heterocycles. The van der Waals surface area contributed by atoms with Crippen molar-refractivity contribution in [2.45, 2.75) is 13.5 Å². The summed E-state index contributed by atoms with van der Waals surface area (Å²) < 4.78 is 0. The van der Waals surface area contributed by atoms with Crippen molar-refractivity contribution in [1.82, 2.24) is 5.32 Å². The first-order valence-corrected chi connectivity index (χ1v) is 5.75. The number of hydrogen-bond acceptors (Lipinski definition) is 1. The molecule has 0 radical (unpaired) electrons. The van der Waals surface area contributed by atoms with E-state index in [2.05, 4.69) is 60.8 Å². The van der Waals surface area contributed by atoms with E-state index in [9.17, 15) is 0 Å². The van der Waals surface area contributed by atoms with Crippen molar-refractivity contribution < 1.29 is 0 Å². The average Bonchev–Trinajstić information content (AvgIpc) is 2.33. The van der Waals surface area contributed by atoms with Crippen molar-refractivity contribution in [2.24, 2.45) is 0 Å². The third-order valence-corrected chi connectivity index (χ3v) is 2.64. The fraction of sp³-hybridized carbons (Fsp3) is 0.200. The van der Waals surface area contributed by atoms with Crippen molar-refractivity contribution in [3.05, 3.63) is 60.2 Å². The SMILES string of the molecule is CCNCc1ccccc1.c1cc2ccc1-2. The maximum absolute atomic E-state index is 3.26. The van der Waals surface area contributed by atoms with Crippen LogP contribution in [0.5, 0.6) is 0 Å². The molecular weight excluding hydrogens is 194 g/mol. The van der Waals surface area contributed by atoms with E-state index < -0.39 is 0 Å². The van der Waals surface area contributed by atoms with Gasteiger partial charge in [0.15, 0.2) is 0 Å². The van der Waals surface area contributed by atoms with Crippen LogP contribution in [0.15, 0.2) is 54.6 Å². The molecule has 0 saturated carbocycles. The standard InChI is InChI=1S/C9H13N.C6H4/c1-2-10-8-9-6-4-3-5-7-9;1-2-6-4-3-5(1)6/h3-7,10H,2,8H2,1H3;1-4H. The molecule has 0 saturated heterocycles. The second-order valence-electron chi connectivity index (χ2n) is 3.84. The van der Waals surface area contributed by atoms with Gasteiger partial charge >= 0.3 is 0 Å². The van der Waals surface area contributed by atoms with Crippen LogP contribution in [0.4, 0.5) is 0 Å². The largest absolute Gasteiger partial charge is 0.313 e. The van der Waals surface area contributed by atoms with Gasteiger partial charge in [-0.25, -0.2) is 0 Å². The third kappa shape index (κ3) is 2.71. The second-order valence-corrected chi connectivity index (χ2v) is 3.84. The van der Waals surface area contributed by atoms with Gasteiger partial charge in [-0.2, -0.15) is 0 Å². The Morgan fingerprint density at radius 2 is 1.38 bits per heavy atom. The van der Waals surface area contributed by atoms with Crippen LogP contribution in [0.2, 0.25) is 0 Å². The van der Waals surface area contributed by atoms with Gasteiger partial charge in [0.05, 0.1) is 0 Å². The van der Waals surface area contributed by atoms with Crippen molar-refractivity contribution in [2.75, 3.05) is 6.54 Å². The smallest absolute Gasteiger partial charge is 0.0205 e. The average molecular weight is 211 g/mol. The minimum absolute atomic E-state index is 0.983. The Morgan fingerprint density at radius 3 is 1.75 bits per heavy atom. The monoisotopic (exact) mass is 211 g/mol. The summed E-state index contributed by atoms with van der Waals surface area (Å²) in [7, 11) is 0. The number of benzene rings is 2. The molecule has 0 spiro atoms. The highest BCUT2D eigenvalue weighted by Gasteiger charge is 2.03. The number of hydrogen-bond donors (Lipinski definition) is 1. The minimum Gasteiger partial charge on any atom is -0.313 e. The van der Waals surface area contributed by atoms with Gasteiger partial charge in [0.1, 0.15) is 0 Å². The third-order valence-electron chi connectivity index (χ3n) is 2.64. The Balaban J connectivity index is 0.000000134. The fourth-order valence-corrected chi connectivity index (χ4v) is 1.53. The van der Waals surface area contributed by atoms with E-state index in [0.717, 1.165) is 13.1 Å². The molecular formula is C15H17N. The summed E-state index contributed by atoms with van der Waals surface area (Å²) >= 11 is 0. The summed E-state index contributed by atoms with van der Waals surface area (Å²) in [5, 5.41) is 3.26. The molecule has 1 aromatic carbocycles. The van der Waals surface area contributed by atoms with Crippen LogP contribution in [-0.2, 0) is 6.54 Å². The molecule has 16 heavy (non-hydrogen) atoms. The highest BCUT2D eigenvalue weighted by atomic mass is 14.8. The molecule has 0 aliphatic heterocycles. The molecule has 0 bridgehead atoms. The van der Waals surface area contributed by atoms with Gasteiger partial charge in [-0.3, -0.25) is 0 Å². The molecule has 82 valence electrons.